The molecule has 1 aromatic rings. The molecule has 0 aromatic heterocycles. The Labute approximate surface area is 124 Å². The Bertz CT molecular complexity index is 444. The van der Waals surface area contributed by atoms with Crippen molar-refractivity contribution in [3.05, 3.63) is 35.9 Å². The molecule has 0 aliphatic heterocycles. The van der Waals surface area contributed by atoms with Crippen LogP contribution in [0.4, 0.5) is 4.79 Å². The van der Waals surface area contributed by atoms with Gasteiger partial charge in [-0.2, -0.15) is 0 Å². The summed E-state index contributed by atoms with van der Waals surface area (Å²) in [6.07, 6.45) is 1.67. The minimum absolute atomic E-state index is 0.134. The van der Waals surface area contributed by atoms with Crippen molar-refractivity contribution in [3.63, 3.8) is 0 Å². The van der Waals surface area contributed by atoms with E-state index in [9.17, 15) is 14.7 Å². The highest BCUT2D eigenvalue weighted by atomic mass is 16.5. The Morgan fingerprint density at radius 3 is 2.43 bits per heavy atom. The molecule has 21 heavy (non-hydrogen) atoms. The van der Waals surface area contributed by atoms with Crippen LogP contribution in [0.3, 0.4) is 0 Å². The number of rotatable bonds is 8. The van der Waals surface area contributed by atoms with Crippen molar-refractivity contribution in [1.29, 1.82) is 0 Å². The smallest absolute Gasteiger partial charge is 0.330 e. The number of benzene rings is 1. The first-order valence-electron chi connectivity index (χ1n) is 6.92. The number of carbonyl (C=O) groups is 2. The number of aliphatic carboxylic acids is 1. The molecule has 6 heteroatoms. The predicted octanol–water partition coefficient (Wildman–Crippen LogP) is 1.93. The van der Waals surface area contributed by atoms with Gasteiger partial charge in [-0.1, -0.05) is 43.7 Å². The highest BCUT2D eigenvalue weighted by Gasteiger charge is 2.22. The van der Waals surface area contributed by atoms with Crippen molar-refractivity contribution in [3.8, 4) is 0 Å². The molecule has 2 atom stereocenters. The van der Waals surface area contributed by atoms with Crippen LogP contribution in [0, 0.1) is 0 Å². The molecule has 0 saturated heterocycles. The summed E-state index contributed by atoms with van der Waals surface area (Å²) in [5.74, 6) is -1.10. The number of methoxy groups -OCH3 is 1. The zero-order chi connectivity index (χ0) is 15.7. The molecule has 0 spiro atoms. The Morgan fingerprint density at radius 2 is 1.90 bits per heavy atom. The molecule has 0 fully saturated rings. The number of carboxylic acids is 1. The Morgan fingerprint density at radius 1 is 1.24 bits per heavy atom. The van der Waals surface area contributed by atoms with Crippen LogP contribution in [0.15, 0.2) is 30.3 Å². The molecule has 0 aliphatic carbocycles. The van der Waals surface area contributed by atoms with Gasteiger partial charge in [0.2, 0.25) is 0 Å². The number of amides is 2. The SMILES string of the molecule is CCCC(COC)NC(=O)N[C@@H](C(=O)O)c1ccccc1. The molecular weight excluding hydrogens is 272 g/mol. The molecule has 116 valence electrons. The zero-order valence-electron chi connectivity index (χ0n) is 12.3. The minimum Gasteiger partial charge on any atom is -0.479 e. The van der Waals surface area contributed by atoms with E-state index in [4.69, 9.17) is 4.74 Å². The van der Waals surface area contributed by atoms with Crippen LogP contribution in [-0.2, 0) is 9.53 Å². The number of hydrogen-bond donors (Lipinski definition) is 3. The highest BCUT2D eigenvalue weighted by molar-refractivity contribution is 5.83. The van der Waals surface area contributed by atoms with Crippen molar-refractivity contribution in [2.75, 3.05) is 13.7 Å². The molecule has 0 radical (unpaired) electrons. The second kappa shape index (κ2) is 8.97. The maximum absolute atomic E-state index is 12.0. The molecule has 1 aromatic carbocycles. The van der Waals surface area contributed by atoms with E-state index in [1.54, 1.807) is 37.4 Å². The molecule has 2 amide bonds. The topological polar surface area (TPSA) is 87.7 Å². The lowest BCUT2D eigenvalue weighted by molar-refractivity contribution is -0.139. The summed E-state index contributed by atoms with van der Waals surface area (Å²) in [4.78, 5) is 23.3. The number of hydrogen-bond acceptors (Lipinski definition) is 3. The third kappa shape index (κ3) is 5.83. The van der Waals surface area contributed by atoms with Gasteiger partial charge in [-0.05, 0) is 12.0 Å². The minimum atomic E-state index is -1.10. The number of ether oxygens (including phenoxy) is 1. The molecule has 0 saturated carbocycles. The van der Waals surface area contributed by atoms with Crippen molar-refractivity contribution in [1.82, 2.24) is 10.6 Å². The maximum atomic E-state index is 12.0. The number of nitrogens with one attached hydrogen (secondary N) is 2. The van der Waals surface area contributed by atoms with Gasteiger partial charge in [0, 0.05) is 7.11 Å². The first-order valence-corrected chi connectivity index (χ1v) is 6.92. The Balaban J connectivity index is 2.67. The Hall–Kier alpha value is -2.08. The summed E-state index contributed by atoms with van der Waals surface area (Å²) < 4.78 is 5.04. The molecule has 1 rings (SSSR count). The lowest BCUT2D eigenvalue weighted by atomic mass is 10.1. The zero-order valence-corrected chi connectivity index (χ0v) is 12.3. The van der Waals surface area contributed by atoms with E-state index in [-0.39, 0.29) is 6.04 Å². The average molecular weight is 294 g/mol. The molecule has 0 aliphatic rings. The van der Waals surface area contributed by atoms with Crippen molar-refractivity contribution >= 4 is 12.0 Å². The van der Waals surface area contributed by atoms with Crippen molar-refractivity contribution < 1.29 is 19.4 Å². The first kappa shape index (κ1) is 17.0. The van der Waals surface area contributed by atoms with E-state index in [1.807, 2.05) is 6.92 Å². The molecule has 0 heterocycles. The van der Waals surface area contributed by atoms with Gasteiger partial charge in [0.25, 0.3) is 0 Å². The lowest BCUT2D eigenvalue weighted by Gasteiger charge is -2.20. The van der Waals surface area contributed by atoms with Gasteiger partial charge < -0.3 is 20.5 Å². The number of carboxylic acid groups (broad SMARTS) is 1. The summed E-state index contributed by atoms with van der Waals surface area (Å²) >= 11 is 0. The molecule has 0 bridgehead atoms. The van der Waals surface area contributed by atoms with Gasteiger partial charge >= 0.3 is 12.0 Å². The van der Waals surface area contributed by atoms with Gasteiger partial charge in [-0.15, -0.1) is 0 Å². The van der Waals surface area contributed by atoms with E-state index in [2.05, 4.69) is 10.6 Å². The molecule has 6 nitrogen and oxygen atoms in total. The van der Waals surface area contributed by atoms with E-state index in [0.717, 1.165) is 12.8 Å². The van der Waals surface area contributed by atoms with Crippen LogP contribution in [0.5, 0.6) is 0 Å². The molecule has 3 N–H and O–H groups in total. The largest absolute Gasteiger partial charge is 0.479 e. The number of carbonyl (C=O) groups excluding carboxylic acids is 1. The van der Waals surface area contributed by atoms with Crippen LogP contribution in [0.1, 0.15) is 31.4 Å². The quantitative estimate of drug-likeness (QED) is 0.683. The fourth-order valence-corrected chi connectivity index (χ4v) is 2.04. The van der Waals surface area contributed by atoms with Crippen LogP contribution < -0.4 is 10.6 Å². The normalized spacial score (nSPS) is 13.2. The third-order valence-corrected chi connectivity index (χ3v) is 3.00. The average Bonchev–Trinajstić information content (AvgIpc) is 2.46. The molecular formula is C15H22N2O4. The van der Waals surface area contributed by atoms with Gasteiger partial charge in [0.05, 0.1) is 12.6 Å². The van der Waals surface area contributed by atoms with E-state index in [0.29, 0.717) is 12.2 Å². The summed E-state index contributed by atoms with van der Waals surface area (Å²) in [5, 5.41) is 14.5. The van der Waals surface area contributed by atoms with Gasteiger partial charge in [0.15, 0.2) is 6.04 Å². The van der Waals surface area contributed by atoms with Crippen molar-refractivity contribution in [2.24, 2.45) is 0 Å². The highest BCUT2D eigenvalue weighted by Crippen LogP contribution is 2.12. The second-order valence-corrected chi connectivity index (χ2v) is 4.74. The van der Waals surface area contributed by atoms with Crippen LogP contribution in [-0.4, -0.2) is 36.9 Å². The fraction of sp³-hybridized carbons (Fsp3) is 0.467. The summed E-state index contributed by atoms with van der Waals surface area (Å²) in [7, 11) is 1.56. The van der Waals surface area contributed by atoms with E-state index < -0.39 is 18.0 Å². The third-order valence-electron chi connectivity index (χ3n) is 3.00. The summed E-state index contributed by atoms with van der Waals surface area (Å²) in [5.41, 5.74) is 0.527. The fourth-order valence-electron chi connectivity index (χ4n) is 2.04. The van der Waals surface area contributed by atoms with Crippen molar-refractivity contribution in [2.45, 2.75) is 31.8 Å². The first-order chi connectivity index (χ1) is 10.1. The number of urea groups is 1. The van der Waals surface area contributed by atoms with E-state index in [1.165, 1.54) is 0 Å². The van der Waals surface area contributed by atoms with Gasteiger partial charge in [0.1, 0.15) is 0 Å². The lowest BCUT2D eigenvalue weighted by Crippen LogP contribution is -2.46. The van der Waals surface area contributed by atoms with Crippen LogP contribution >= 0.6 is 0 Å². The van der Waals surface area contributed by atoms with Crippen LogP contribution in [0.2, 0.25) is 0 Å². The predicted molar refractivity (Wildman–Crippen MR) is 79.1 cm³/mol. The van der Waals surface area contributed by atoms with Crippen LogP contribution in [0.25, 0.3) is 0 Å². The Kier molecular flexibility index (Phi) is 7.25. The maximum Gasteiger partial charge on any atom is 0.330 e. The van der Waals surface area contributed by atoms with Gasteiger partial charge in [-0.25, -0.2) is 9.59 Å². The second-order valence-electron chi connectivity index (χ2n) is 4.74. The summed E-state index contributed by atoms with van der Waals surface area (Å²) in [6.45, 7) is 2.40. The van der Waals surface area contributed by atoms with Gasteiger partial charge in [-0.3, -0.25) is 0 Å². The standard InChI is InChI=1S/C15H22N2O4/c1-3-7-12(10-21-2)16-15(20)17-13(14(18)19)11-8-5-4-6-9-11/h4-6,8-9,12-13H,3,7,10H2,1-2H3,(H,18,19)(H2,16,17,20)/t12?,13-/m1/s1. The summed E-state index contributed by atoms with van der Waals surface area (Å²) in [6, 6.07) is 6.86. The monoisotopic (exact) mass is 294 g/mol. The molecule has 1 unspecified atom stereocenters. The van der Waals surface area contributed by atoms with E-state index >= 15 is 0 Å².